The number of amides is 1. The summed E-state index contributed by atoms with van der Waals surface area (Å²) in [6, 6.07) is 13.5. The van der Waals surface area contributed by atoms with E-state index < -0.39 is 0 Å². The van der Waals surface area contributed by atoms with Gasteiger partial charge in [-0.15, -0.1) is 16.8 Å². The summed E-state index contributed by atoms with van der Waals surface area (Å²) < 4.78 is 1.95. The Bertz CT molecular complexity index is 895. The fourth-order valence-electron chi connectivity index (χ4n) is 2.71. The zero-order valence-corrected chi connectivity index (χ0v) is 16.0. The van der Waals surface area contributed by atoms with Crippen molar-refractivity contribution in [1.82, 2.24) is 19.7 Å². The van der Waals surface area contributed by atoms with Gasteiger partial charge in [0.1, 0.15) is 0 Å². The molecule has 0 spiro atoms. The summed E-state index contributed by atoms with van der Waals surface area (Å²) in [7, 11) is 0. The van der Waals surface area contributed by atoms with Crippen LogP contribution in [0.4, 0.5) is 5.69 Å². The van der Waals surface area contributed by atoms with Crippen LogP contribution in [0.2, 0.25) is 0 Å². The Morgan fingerprint density at radius 2 is 2.04 bits per heavy atom. The normalized spacial score (nSPS) is 10.6. The van der Waals surface area contributed by atoms with Crippen molar-refractivity contribution in [2.24, 2.45) is 0 Å². The molecule has 0 aliphatic rings. The van der Waals surface area contributed by atoms with Crippen LogP contribution in [0.3, 0.4) is 0 Å². The molecule has 0 fully saturated rings. The lowest BCUT2D eigenvalue weighted by atomic mass is 10.3. The molecule has 7 heteroatoms. The largest absolute Gasteiger partial charge is 0.312 e. The number of anilines is 1. The molecule has 0 bridgehead atoms. The summed E-state index contributed by atoms with van der Waals surface area (Å²) in [5.41, 5.74) is 1.78. The van der Waals surface area contributed by atoms with Crippen molar-refractivity contribution < 1.29 is 4.79 Å². The van der Waals surface area contributed by atoms with Crippen LogP contribution < -0.4 is 4.90 Å². The molecule has 3 rings (SSSR count). The predicted octanol–water partition coefficient (Wildman–Crippen LogP) is 3.67. The molecule has 2 heterocycles. The number of thioether (sulfide) groups is 1. The van der Waals surface area contributed by atoms with Crippen LogP contribution in [-0.4, -0.2) is 38.0 Å². The van der Waals surface area contributed by atoms with Gasteiger partial charge in [0.05, 0.1) is 5.75 Å². The second-order valence-corrected chi connectivity index (χ2v) is 6.65. The Kier molecular flexibility index (Phi) is 6.38. The minimum Gasteiger partial charge on any atom is -0.312 e. The molecule has 0 N–H and O–H groups in total. The van der Waals surface area contributed by atoms with Gasteiger partial charge in [-0.3, -0.25) is 14.3 Å². The van der Waals surface area contributed by atoms with Crippen LogP contribution >= 0.6 is 11.8 Å². The third-order valence-electron chi connectivity index (χ3n) is 3.96. The summed E-state index contributed by atoms with van der Waals surface area (Å²) in [5, 5.41) is 9.24. The molecule has 0 atom stereocenters. The lowest BCUT2D eigenvalue weighted by Gasteiger charge is -2.20. The predicted molar refractivity (Wildman–Crippen MR) is 109 cm³/mol. The molecular weight excluding hydrogens is 358 g/mol. The van der Waals surface area contributed by atoms with Crippen molar-refractivity contribution >= 4 is 23.4 Å². The second-order valence-electron chi connectivity index (χ2n) is 5.71. The highest BCUT2D eigenvalue weighted by atomic mass is 32.2. The molecule has 0 aliphatic heterocycles. The topological polar surface area (TPSA) is 63.9 Å². The molecule has 138 valence electrons. The van der Waals surface area contributed by atoms with Crippen LogP contribution in [0.5, 0.6) is 0 Å². The highest BCUT2D eigenvalue weighted by Gasteiger charge is 2.18. The maximum atomic E-state index is 12.7. The first-order valence-corrected chi connectivity index (χ1v) is 9.65. The van der Waals surface area contributed by atoms with Crippen molar-refractivity contribution in [3.05, 3.63) is 67.5 Å². The minimum atomic E-state index is 0.0322. The number of aromatic nitrogens is 4. The number of benzene rings is 1. The first-order valence-electron chi connectivity index (χ1n) is 8.67. The van der Waals surface area contributed by atoms with Gasteiger partial charge in [-0.2, -0.15) is 0 Å². The van der Waals surface area contributed by atoms with Crippen molar-refractivity contribution in [2.45, 2.75) is 18.6 Å². The van der Waals surface area contributed by atoms with Crippen LogP contribution in [0.15, 0.2) is 72.7 Å². The van der Waals surface area contributed by atoms with Gasteiger partial charge in [0, 0.05) is 36.7 Å². The van der Waals surface area contributed by atoms with Crippen LogP contribution in [0.1, 0.15) is 6.92 Å². The molecule has 3 aromatic rings. The van der Waals surface area contributed by atoms with Gasteiger partial charge in [-0.1, -0.05) is 36.0 Å². The number of pyridine rings is 1. The number of rotatable bonds is 8. The first kappa shape index (κ1) is 18.8. The number of allylic oxidation sites excluding steroid dienone is 1. The molecule has 0 saturated carbocycles. The van der Waals surface area contributed by atoms with Crippen LogP contribution in [-0.2, 0) is 11.3 Å². The van der Waals surface area contributed by atoms with E-state index in [4.69, 9.17) is 0 Å². The quantitative estimate of drug-likeness (QED) is 0.441. The molecule has 1 amide bonds. The SMILES string of the molecule is C=CCn1c(SCC(=O)N(CC)c2ccccc2)nnc1-c1cccnc1. The van der Waals surface area contributed by atoms with Gasteiger partial charge < -0.3 is 4.90 Å². The number of nitrogens with zero attached hydrogens (tertiary/aromatic N) is 5. The highest BCUT2D eigenvalue weighted by molar-refractivity contribution is 7.99. The highest BCUT2D eigenvalue weighted by Crippen LogP contribution is 2.24. The maximum absolute atomic E-state index is 12.7. The number of carbonyl (C=O) groups is 1. The van der Waals surface area contributed by atoms with Gasteiger partial charge in [0.25, 0.3) is 0 Å². The van der Waals surface area contributed by atoms with E-state index in [2.05, 4.69) is 21.8 Å². The summed E-state index contributed by atoms with van der Waals surface area (Å²) in [4.78, 5) is 18.6. The summed E-state index contributed by atoms with van der Waals surface area (Å²) >= 11 is 1.38. The Morgan fingerprint density at radius 3 is 2.70 bits per heavy atom. The molecule has 0 radical (unpaired) electrons. The van der Waals surface area contributed by atoms with Gasteiger partial charge in [0.2, 0.25) is 5.91 Å². The molecule has 27 heavy (non-hydrogen) atoms. The van der Waals surface area contributed by atoms with Crippen LogP contribution in [0.25, 0.3) is 11.4 Å². The summed E-state index contributed by atoms with van der Waals surface area (Å²) in [6.07, 6.45) is 5.25. The number of carbonyl (C=O) groups excluding carboxylic acids is 1. The Hall–Kier alpha value is -2.93. The number of hydrogen-bond donors (Lipinski definition) is 0. The maximum Gasteiger partial charge on any atom is 0.237 e. The van der Waals surface area contributed by atoms with Crippen molar-refractivity contribution in [2.75, 3.05) is 17.2 Å². The number of para-hydroxylation sites is 1. The zero-order chi connectivity index (χ0) is 19.1. The van der Waals surface area contributed by atoms with Gasteiger partial charge in [0.15, 0.2) is 11.0 Å². The van der Waals surface area contributed by atoms with Crippen molar-refractivity contribution in [1.29, 1.82) is 0 Å². The average molecular weight is 379 g/mol. The first-order chi connectivity index (χ1) is 13.2. The lowest BCUT2D eigenvalue weighted by Crippen LogP contribution is -2.32. The van der Waals surface area contributed by atoms with E-state index in [0.717, 1.165) is 11.3 Å². The Balaban J connectivity index is 1.76. The number of hydrogen-bond acceptors (Lipinski definition) is 5. The molecule has 2 aromatic heterocycles. The average Bonchev–Trinajstić information content (AvgIpc) is 3.11. The molecule has 0 unspecified atom stereocenters. The lowest BCUT2D eigenvalue weighted by molar-refractivity contribution is -0.116. The molecule has 6 nitrogen and oxygen atoms in total. The zero-order valence-electron chi connectivity index (χ0n) is 15.2. The van der Waals surface area contributed by atoms with E-state index in [1.807, 2.05) is 54.0 Å². The van der Waals surface area contributed by atoms with E-state index in [-0.39, 0.29) is 11.7 Å². The van der Waals surface area contributed by atoms with E-state index in [0.29, 0.717) is 24.1 Å². The summed E-state index contributed by atoms with van der Waals surface area (Å²) in [5.74, 6) is 1.03. The minimum absolute atomic E-state index is 0.0322. The summed E-state index contributed by atoms with van der Waals surface area (Å²) in [6.45, 7) is 6.95. The molecule has 0 aliphatic carbocycles. The Morgan fingerprint density at radius 1 is 1.22 bits per heavy atom. The Labute approximate surface area is 163 Å². The van der Waals surface area contributed by atoms with Gasteiger partial charge >= 0.3 is 0 Å². The third-order valence-corrected chi connectivity index (χ3v) is 4.91. The van der Waals surface area contributed by atoms with Crippen molar-refractivity contribution in [3.8, 4) is 11.4 Å². The standard InChI is InChI=1S/C20H21N5OS/c1-3-13-25-19(16-9-8-12-21-14-16)22-23-20(25)27-15-18(26)24(4-2)17-10-6-5-7-11-17/h3,5-12,14H,1,4,13,15H2,2H3. The van der Waals surface area contributed by atoms with Crippen molar-refractivity contribution in [3.63, 3.8) is 0 Å². The fourth-order valence-corrected chi connectivity index (χ4v) is 3.54. The van der Waals surface area contributed by atoms with E-state index in [1.165, 1.54) is 11.8 Å². The third kappa shape index (κ3) is 4.43. The van der Waals surface area contributed by atoms with Gasteiger partial charge in [-0.25, -0.2) is 0 Å². The van der Waals surface area contributed by atoms with Crippen LogP contribution in [0, 0.1) is 0 Å². The smallest absolute Gasteiger partial charge is 0.237 e. The monoisotopic (exact) mass is 379 g/mol. The molecule has 0 saturated heterocycles. The fraction of sp³-hybridized carbons (Fsp3) is 0.200. The molecule has 1 aromatic carbocycles. The molecular formula is C20H21N5OS. The second kappa shape index (κ2) is 9.14. The van der Waals surface area contributed by atoms with Gasteiger partial charge in [-0.05, 0) is 31.2 Å². The van der Waals surface area contributed by atoms with E-state index >= 15 is 0 Å². The van der Waals surface area contributed by atoms with E-state index in [9.17, 15) is 4.79 Å². The van der Waals surface area contributed by atoms with E-state index in [1.54, 1.807) is 23.4 Å².